The summed E-state index contributed by atoms with van der Waals surface area (Å²) >= 11 is 7.09. The van der Waals surface area contributed by atoms with Gasteiger partial charge in [-0.3, -0.25) is 0 Å². The quantitative estimate of drug-likeness (QED) is 0.845. The van der Waals surface area contributed by atoms with Gasteiger partial charge in [0, 0.05) is 5.54 Å². The maximum atomic E-state index is 8.71. The molecule has 3 nitrogen and oxygen atoms in total. The van der Waals surface area contributed by atoms with E-state index in [0.29, 0.717) is 10.0 Å². The van der Waals surface area contributed by atoms with Gasteiger partial charge in [0.1, 0.15) is 10.9 Å². The smallest absolute Gasteiger partial charge is 0.185 e. The van der Waals surface area contributed by atoms with Crippen molar-refractivity contribution in [2.45, 2.75) is 31.7 Å². The molecule has 0 radical (unpaired) electrons. The standard InChI is InChI=1S/C9H10ClN3S/c1-9(3-2-4-9)13-8-12-7(10)6(5-11)14-8/h2-4H2,1H3,(H,12,13). The number of rotatable bonds is 2. The summed E-state index contributed by atoms with van der Waals surface area (Å²) in [6.45, 7) is 2.16. The van der Waals surface area contributed by atoms with Crippen LogP contribution >= 0.6 is 22.9 Å². The van der Waals surface area contributed by atoms with E-state index in [1.807, 2.05) is 6.07 Å². The first-order chi connectivity index (χ1) is 6.63. The molecular formula is C9H10ClN3S. The van der Waals surface area contributed by atoms with Crippen LogP contribution in [-0.2, 0) is 0 Å². The van der Waals surface area contributed by atoms with Crippen LogP contribution in [0.15, 0.2) is 0 Å². The Morgan fingerprint density at radius 3 is 2.79 bits per heavy atom. The van der Waals surface area contributed by atoms with E-state index >= 15 is 0 Å². The van der Waals surface area contributed by atoms with E-state index in [2.05, 4.69) is 17.2 Å². The molecule has 0 atom stereocenters. The van der Waals surface area contributed by atoms with E-state index in [9.17, 15) is 0 Å². The van der Waals surface area contributed by atoms with Crippen LogP contribution in [0.1, 0.15) is 31.1 Å². The Morgan fingerprint density at radius 1 is 1.64 bits per heavy atom. The van der Waals surface area contributed by atoms with E-state index in [-0.39, 0.29) is 5.54 Å². The fraction of sp³-hybridized carbons (Fsp3) is 0.556. The zero-order valence-electron chi connectivity index (χ0n) is 7.80. The zero-order valence-corrected chi connectivity index (χ0v) is 9.37. The molecule has 2 rings (SSSR count). The number of halogens is 1. The fourth-order valence-corrected chi connectivity index (χ4v) is 2.61. The Hall–Kier alpha value is -0.790. The molecule has 74 valence electrons. The molecule has 14 heavy (non-hydrogen) atoms. The first kappa shape index (κ1) is 9.75. The van der Waals surface area contributed by atoms with Crippen LogP contribution in [0, 0.1) is 11.3 Å². The largest absolute Gasteiger partial charge is 0.356 e. The molecule has 1 N–H and O–H groups in total. The molecule has 0 saturated heterocycles. The average Bonchev–Trinajstić information content (AvgIpc) is 2.43. The van der Waals surface area contributed by atoms with E-state index in [1.165, 1.54) is 17.8 Å². The second-order valence-corrected chi connectivity index (χ2v) is 5.15. The lowest BCUT2D eigenvalue weighted by molar-refractivity contribution is 0.306. The van der Waals surface area contributed by atoms with Crippen molar-refractivity contribution in [3.63, 3.8) is 0 Å². The van der Waals surface area contributed by atoms with Gasteiger partial charge in [0.15, 0.2) is 10.3 Å². The first-order valence-electron chi connectivity index (χ1n) is 4.48. The van der Waals surface area contributed by atoms with Crippen LogP contribution in [0.4, 0.5) is 5.13 Å². The topological polar surface area (TPSA) is 48.7 Å². The third-order valence-electron chi connectivity index (χ3n) is 2.55. The van der Waals surface area contributed by atoms with Crippen LogP contribution in [0.5, 0.6) is 0 Å². The number of aromatic nitrogens is 1. The van der Waals surface area contributed by atoms with Crippen molar-refractivity contribution in [2.24, 2.45) is 0 Å². The highest BCUT2D eigenvalue weighted by Gasteiger charge is 2.32. The van der Waals surface area contributed by atoms with Crippen molar-refractivity contribution < 1.29 is 0 Å². The Kier molecular flexibility index (Phi) is 2.38. The lowest BCUT2D eigenvalue weighted by Gasteiger charge is -2.38. The molecule has 0 amide bonds. The number of nitrogens with one attached hydrogen (secondary N) is 1. The first-order valence-corrected chi connectivity index (χ1v) is 5.67. The van der Waals surface area contributed by atoms with Crippen LogP contribution in [0.3, 0.4) is 0 Å². The van der Waals surface area contributed by atoms with Gasteiger partial charge < -0.3 is 5.32 Å². The summed E-state index contributed by atoms with van der Waals surface area (Å²) in [5.41, 5.74) is 0.161. The minimum Gasteiger partial charge on any atom is -0.356 e. The van der Waals surface area contributed by atoms with Crippen molar-refractivity contribution >= 4 is 28.1 Å². The van der Waals surface area contributed by atoms with Crippen LogP contribution in [-0.4, -0.2) is 10.5 Å². The Balaban J connectivity index is 2.14. The van der Waals surface area contributed by atoms with Crippen LogP contribution in [0.25, 0.3) is 0 Å². The molecule has 0 aromatic carbocycles. The average molecular weight is 228 g/mol. The van der Waals surface area contributed by atoms with E-state index < -0.39 is 0 Å². The number of hydrogen-bond donors (Lipinski definition) is 1. The summed E-state index contributed by atoms with van der Waals surface area (Å²) in [5.74, 6) is 0. The molecule has 0 unspecified atom stereocenters. The van der Waals surface area contributed by atoms with Crippen molar-refractivity contribution in [3.05, 3.63) is 10.0 Å². The zero-order chi connectivity index (χ0) is 10.2. The highest BCUT2D eigenvalue weighted by molar-refractivity contribution is 7.16. The molecule has 1 fully saturated rings. The molecule has 5 heteroatoms. The summed E-state index contributed by atoms with van der Waals surface area (Å²) in [6, 6.07) is 2.02. The molecule has 0 aliphatic heterocycles. The normalized spacial score (nSPS) is 18.4. The second kappa shape index (κ2) is 3.41. The van der Waals surface area contributed by atoms with Crippen LogP contribution in [0.2, 0.25) is 5.15 Å². The van der Waals surface area contributed by atoms with E-state index in [0.717, 1.165) is 18.0 Å². The van der Waals surface area contributed by atoms with Gasteiger partial charge in [-0.1, -0.05) is 22.9 Å². The molecule has 0 spiro atoms. The van der Waals surface area contributed by atoms with E-state index in [1.54, 1.807) is 0 Å². The number of hydrogen-bond acceptors (Lipinski definition) is 4. The Bertz CT molecular complexity index is 389. The van der Waals surface area contributed by atoms with Gasteiger partial charge in [-0.2, -0.15) is 5.26 Å². The van der Waals surface area contributed by atoms with Crippen molar-refractivity contribution in [1.82, 2.24) is 4.98 Å². The summed E-state index contributed by atoms with van der Waals surface area (Å²) in [6.07, 6.45) is 3.58. The van der Waals surface area contributed by atoms with Gasteiger partial charge in [0.25, 0.3) is 0 Å². The predicted molar refractivity (Wildman–Crippen MR) is 57.7 cm³/mol. The van der Waals surface area contributed by atoms with Gasteiger partial charge in [-0.15, -0.1) is 0 Å². The Labute approximate surface area is 91.7 Å². The maximum absolute atomic E-state index is 8.71. The monoisotopic (exact) mass is 227 g/mol. The maximum Gasteiger partial charge on any atom is 0.185 e. The number of anilines is 1. The molecule has 1 aromatic heterocycles. The summed E-state index contributed by atoms with van der Waals surface area (Å²) in [7, 11) is 0. The molecule has 0 bridgehead atoms. The Morgan fingerprint density at radius 2 is 2.36 bits per heavy atom. The number of nitriles is 1. The van der Waals surface area contributed by atoms with Crippen molar-refractivity contribution in [2.75, 3.05) is 5.32 Å². The van der Waals surface area contributed by atoms with E-state index in [4.69, 9.17) is 16.9 Å². The highest BCUT2D eigenvalue weighted by atomic mass is 35.5. The van der Waals surface area contributed by atoms with Gasteiger partial charge in [-0.05, 0) is 26.2 Å². The highest BCUT2D eigenvalue weighted by Crippen LogP contribution is 2.36. The van der Waals surface area contributed by atoms with Crippen LogP contribution < -0.4 is 5.32 Å². The molecule has 1 aliphatic carbocycles. The van der Waals surface area contributed by atoms with Crippen molar-refractivity contribution in [3.8, 4) is 6.07 Å². The molecular weight excluding hydrogens is 218 g/mol. The van der Waals surface area contributed by atoms with Gasteiger partial charge in [0.2, 0.25) is 0 Å². The summed E-state index contributed by atoms with van der Waals surface area (Å²) < 4.78 is 0. The number of thiazole rings is 1. The third kappa shape index (κ3) is 1.70. The SMILES string of the molecule is CC1(Nc2nc(Cl)c(C#N)s2)CCC1. The predicted octanol–water partition coefficient (Wildman–Crippen LogP) is 3.02. The van der Waals surface area contributed by atoms with Gasteiger partial charge in [-0.25, -0.2) is 4.98 Å². The minimum atomic E-state index is 0.161. The molecule has 1 aromatic rings. The summed E-state index contributed by atoms with van der Waals surface area (Å²) in [5, 5.41) is 13.1. The van der Waals surface area contributed by atoms with Gasteiger partial charge >= 0.3 is 0 Å². The molecule has 1 heterocycles. The third-order valence-corrected chi connectivity index (χ3v) is 3.81. The van der Waals surface area contributed by atoms with Crippen molar-refractivity contribution in [1.29, 1.82) is 5.26 Å². The second-order valence-electron chi connectivity index (χ2n) is 3.79. The molecule has 1 aliphatic rings. The number of nitrogens with zero attached hydrogens (tertiary/aromatic N) is 2. The minimum absolute atomic E-state index is 0.161. The lowest BCUT2D eigenvalue weighted by atomic mass is 9.79. The lowest BCUT2D eigenvalue weighted by Crippen LogP contribution is -2.41. The molecule has 1 saturated carbocycles. The fourth-order valence-electron chi connectivity index (χ4n) is 1.51. The summed E-state index contributed by atoms with van der Waals surface area (Å²) in [4.78, 5) is 4.58. The van der Waals surface area contributed by atoms with Gasteiger partial charge in [0.05, 0.1) is 0 Å².